The molecule has 4 N–H and O–H groups in total. The molecular formula is C14H15N3O2. The average Bonchev–Trinajstić information content (AvgIpc) is 2.42. The van der Waals surface area contributed by atoms with Crippen molar-refractivity contribution in [2.75, 3.05) is 17.7 Å². The van der Waals surface area contributed by atoms with Crippen molar-refractivity contribution in [1.29, 1.82) is 0 Å². The van der Waals surface area contributed by atoms with Gasteiger partial charge in [0.05, 0.1) is 11.9 Å². The molecule has 1 heterocycles. The summed E-state index contributed by atoms with van der Waals surface area (Å²) in [5, 5.41) is 11.6. The Morgan fingerprint density at radius 2 is 1.95 bits per heavy atom. The molecule has 0 aliphatic rings. The molecule has 19 heavy (non-hydrogen) atoms. The van der Waals surface area contributed by atoms with Crippen LogP contribution >= 0.6 is 0 Å². The van der Waals surface area contributed by atoms with E-state index in [4.69, 9.17) is 10.8 Å². The number of nitrogens with one attached hydrogen (secondary N) is 1. The summed E-state index contributed by atoms with van der Waals surface area (Å²) >= 11 is 0. The van der Waals surface area contributed by atoms with Gasteiger partial charge in [0, 0.05) is 12.3 Å². The largest absolute Gasteiger partial charge is 0.397 e. The SMILES string of the molecule is Nc1ccc(C(=O)Nc2ccc(CCO)cc2)nc1. The number of nitrogens with zero attached hydrogens (tertiary/aromatic N) is 1. The molecule has 0 unspecified atom stereocenters. The molecule has 0 atom stereocenters. The van der Waals surface area contributed by atoms with Gasteiger partial charge in [-0.05, 0) is 36.2 Å². The molecule has 0 spiro atoms. The Hall–Kier alpha value is -2.40. The van der Waals surface area contributed by atoms with Gasteiger partial charge in [-0.15, -0.1) is 0 Å². The summed E-state index contributed by atoms with van der Waals surface area (Å²) in [4.78, 5) is 15.8. The molecule has 1 amide bonds. The first-order valence-corrected chi connectivity index (χ1v) is 5.92. The molecule has 0 aliphatic heterocycles. The third-order valence-electron chi connectivity index (χ3n) is 2.63. The summed E-state index contributed by atoms with van der Waals surface area (Å²) in [5.74, 6) is -0.282. The van der Waals surface area contributed by atoms with E-state index in [0.717, 1.165) is 5.56 Å². The fourth-order valence-electron chi connectivity index (χ4n) is 1.62. The molecule has 1 aromatic heterocycles. The minimum absolute atomic E-state index is 0.112. The van der Waals surface area contributed by atoms with E-state index in [9.17, 15) is 4.79 Å². The molecule has 0 radical (unpaired) electrons. The third-order valence-corrected chi connectivity index (χ3v) is 2.63. The summed E-state index contributed by atoms with van der Waals surface area (Å²) in [7, 11) is 0. The molecule has 5 nitrogen and oxygen atoms in total. The van der Waals surface area contributed by atoms with Crippen molar-refractivity contribution in [1.82, 2.24) is 4.98 Å². The summed E-state index contributed by atoms with van der Waals surface area (Å²) < 4.78 is 0. The number of anilines is 2. The second-order valence-electron chi connectivity index (χ2n) is 4.10. The van der Waals surface area contributed by atoms with E-state index in [1.807, 2.05) is 12.1 Å². The Labute approximate surface area is 111 Å². The number of nitrogen functional groups attached to an aromatic ring is 1. The van der Waals surface area contributed by atoms with Crippen LogP contribution in [0.1, 0.15) is 16.1 Å². The second kappa shape index (κ2) is 5.97. The first-order chi connectivity index (χ1) is 9.19. The highest BCUT2D eigenvalue weighted by atomic mass is 16.2. The lowest BCUT2D eigenvalue weighted by molar-refractivity contribution is 0.102. The zero-order chi connectivity index (χ0) is 13.7. The molecule has 0 aliphatic carbocycles. The predicted octanol–water partition coefficient (Wildman–Crippen LogP) is 1.45. The van der Waals surface area contributed by atoms with Crippen molar-refractivity contribution in [3.05, 3.63) is 53.9 Å². The van der Waals surface area contributed by atoms with Crippen molar-refractivity contribution >= 4 is 17.3 Å². The van der Waals surface area contributed by atoms with Crippen LogP contribution in [0.4, 0.5) is 11.4 Å². The number of carbonyl (C=O) groups excluding carboxylic acids is 1. The van der Waals surface area contributed by atoms with E-state index < -0.39 is 0 Å². The van der Waals surface area contributed by atoms with Gasteiger partial charge in [0.25, 0.3) is 5.91 Å². The Morgan fingerprint density at radius 1 is 1.21 bits per heavy atom. The van der Waals surface area contributed by atoms with Crippen molar-refractivity contribution in [2.24, 2.45) is 0 Å². The van der Waals surface area contributed by atoms with Gasteiger partial charge < -0.3 is 16.2 Å². The number of hydrogen-bond acceptors (Lipinski definition) is 4. The Morgan fingerprint density at radius 3 is 2.53 bits per heavy atom. The van der Waals surface area contributed by atoms with E-state index in [2.05, 4.69) is 10.3 Å². The first kappa shape index (κ1) is 13.0. The number of aliphatic hydroxyl groups excluding tert-OH is 1. The van der Waals surface area contributed by atoms with Crippen LogP contribution in [0.2, 0.25) is 0 Å². The highest BCUT2D eigenvalue weighted by molar-refractivity contribution is 6.02. The zero-order valence-corrected chi connectivity index (χ0v) is 10.3. The molecule has 5 heteroatoms. The van der Waals surface area contributed by atoms with Crippen molar-refractivity contribution < 1.29 is 9.90 Å². The third kappa shape index (κ3) is 3.53. The van der Waals surface area contributed by atoms with Gasteiger partial charge >= 0.3 is 0 Å². The fourth-order valence-corrected chi connectivity index (χ4v) is 1.62. The number of benzene rings is 1. The number of rotatable bonds is 4. The van der Waals surface area contributed by atoms with Gasteiger partial charge in [-0.3, -0.25) is 4.79 Å². The highest BCUT2D eigenvalue weighted by Gasteiger charge is 2.07. The molecule has 0 fully saturated rings. The zero-order valence-electron chi connectivity index (χ0n) is 10.3. The number of carbonyl (C=O) groups is 1. The number of amides is 1. The Kier molecular flexibility index (Phi) is 4.10. The summed E-state index contributed by atoms with van der Waals surface area (Å²) in [6, 6.07) is 10.5. The molecule has 2 aromatic rings. The van der Waals surface area contributed by atoms with Crippen LogP contribution in [0.3, 0.4) is 0 Å². The number of hydrogen-bond donors (Lipinski definition) is 3. The summed E-state index contributed by atoms with van der Waals surface area (Å²) in [6.07, 6.45) is 2.05. The topological polar surface area (TPSA) is 88.2 Å². The van der Waals surface area contributed by atoms with E-state index in [0.29, 0.717) is 23.5 Å². The maximum absolute atomic E-state index is 11.9. The molecular weight excluding hydrogens is 242 g/mol. The van der Waals surface area contributed by atoms with Crippen LogP contribution in [0.15, 0.2) is 42.6 Å². The number of pyridine rings is 1. The van der Waals surface area contributed by atoms with E-state index in [-0.39, 0.29) is 12.5 Å². The fraction of sp³-hybridized carbons (Fsp3) is 0.143. The van der Waals surface area contributed by atoms with Gasteiger partial charge in [0.1, 0.15) is 5.69 Å². The van der Waals surface area contributed by atoms with Crippen LogP contribution in [0.25, 0.3) is 0 Å². The Bertz CT molecular complexity index is 550. The lowest BCUT2D eigenvalue weighted by atomic mass is 10.1. The van der Waals surface area contributed by atoms with Gasteiger partial charge in [-0.2, -0.15) is 0 Å². The van der Waals surface area contributed by atoms with E-state index in [1.165, 1.54) is 6.20 Å². The highest BCUT2D eigenvalue weighted by Crippen LogP contribution is 2.11. The van der Waals surface area contributed by atoms with Crippen LogP contribution in [-0.2, 0) is 6.42 Å². The maximum atomic E-state index is 11.9. The Balaban J connectivity index is 2.04. The predicted molar refractivity (Wildman–Crippen MR) is 73.8 cm³/mol. The molecule has 98 valence electrons. The normalized spacial score (nSPS) is 10.2. The number of nitrogens with two attached hydrogens (primary N) is 1. The van der Waals surface area contributed by atoms with Crippen molar-refractivity contribution in [3.8, 4) is 0 Å². The summed E-state index contributed by atoms with van der Waals surface area (Å²) in [6.45, 7) is 0.112. The standard InChI is InChI=1S/C14H15N3O2/c15-11-3-6-13(16-9-11)14(19)17-12-4-1-10(2-5-12)7-8-18/h1-6,9,18H,7-8,15H2,(H,17,19). The molecule has 1 aromatic carbocycles. The minimum atomic E-state index is -0.282. The van der Waals surface area contributed by atoms with Crippen LogP contribution < -0.4 is 11.1 Å². The van der Waals surface area contributed by atoms with Gasteiger partial charge in [0.2, 0.25) is 0 Å². The van der Waals surface area contributed by atoms with Crippen LogP contribution in [-0.4, -0.2) is 22.6 Å². The molecule has 0 saturated heterocycles. The minimum Gasteiger partial charge on any atom is -0.397 e. The van der Waals surface area contributed by atoms with Crippen LogP contribution in [0, 0.1) is 0 Å². The average molecular weight is 257 g/mol. The van der Waals surface area contributed by atoms with E-state index in [1.54, 1.807) is 24.3 Å². The van der Waals surface area contributed by atoms with E-state index >= 15 is 0 Å². The quantitative estimate of drug-likeness (QED) is 0.773. The van der Waals surface area contributed by atoms with Gasteiger partial charge in [-0.25, -0.2) is 4.98 Å². The first-order valence-electron chi connectivity index (χ1n) is 5.92. The number of aliphatic hydroxyl groups is 1. The smallest absolute Gasteiger partial charge is 0.274 e. The number of aromatic nitrogens is 1. The summed E-state index contributed by atoms with van der Waals surface area (Å²) in [5.41, 5.74) is 8.05. The lowest BCUT2D eigenvalue weighted by Gasteiger charge is -2.06. The maximum Gasteiger partial charge on any atom is 0.274 e. The lowest BCUT2D eigenvalue weighted by Crippen LogP contribution is -2.13. The van der Waals surface area contributed by atoms with Crippen molar-refractivity contribution in [3.63, 3.8) is 0 Å². The van der Waals surface area contributed by atoms with Crippen molar-refractivity contribution in [2.45, 2.75) is 6.42 Å². The second-order valence-corrected chi connectivity index (χ2v) is 4.10. The molecule has 2 rings (SSSR count). The monoisotopic (exact) mass is 257 g/mol. The molecule has 0 bridgehead atoms. The molecule has 0 saturated carbocycles. The van der Waals surface area contributed by atoms with Gasteiger partial charge in [0.15, 0.2) is 0 Å². The van der Waals surface area contributed by atoms with Crippen LogP contribution in [0.5, 0.6) is 0 Å². The van der Waals surface area contributed by atoms with Gasteiger partial charge in [-0.1, -0.05) is 12.1 Å².